The molecule has 0 aliphatic rings. The highest BCUT2D eigenvalue weighted by Crippen LogP contribution is 2.28. The minimum atomic E-state index is -0.329. The van der Waals surface area contributed by atoms with Crippen molar-refractivity contribution >= 4 is 15.9 Å². The first kappa shape index (κ1) is 14.1. The predicted octanol–water partition coefficient (Wildman–Crippen LogP) is 3.18. The number of aromatic nitrogens is 2. The number of benzene rings is 1. The summed E-state index contributed by atoms with van der Waals surface area (Å²) in [6.07, 6.45) is 1.65. The molecule has 1 N–H and O–H groups in total. The summed E-state index contributed by atoms with van der Waals surface area (Å²) in [6.45, 7) is 3.93. The lowest BCUT2D eigenvalue weighted by atomic mass is 10.2. The molecule has 0 aliphatic carbocycles. The van der Waals surface area contributed by atoms with Crippen LogP contribution >= 0.6 is 15.9 Å². The van der Waals surface area contributed by atoms with E-state index >= 15 is 0 Å². The molecule has 0 bridgehead atoms. The zero-order valence-corrected chi connectivity index (χ0v) is 12.2. The molecule has 19 heavy (non-hydrogen) atoms. The van der Waals surface area contributed by atoms with E-state index in [1.54, 1.807) is 6.07 Å². The molecule has 0 spiro atoms. The van der Waals surface area contributed by atoms with Crippen molar-refractivity contribution in [2.75, 3.05) is 13.1 Å². The molecule has 0 radical (unpaired) electrons. The van der Waals surface area contributed by atoms with Gasteiger partial charge in [-0.25, -0.2) is 4.39 Å². The number of rotatable bonds is 6. The van der Waals surface area contributed by atoms with Gasteiger partial charge in [-0.2, -0.15) is 0 Å². The van der Waals surface area contributed by atoms with Gasteiger partial charge in [0.2, 0.25) is 11.8 Å². The third kappa shape index (κ3) is 3.84. The van der Waals surface area contributed by atoms with Gasteiger partial charge in [-0.15, -0.1) is 10.2 Å². The minimum absolute atomic E-state index is 0.329. The standard InChI is InChI=1S/C13H15BrFN3O/c1-2-16-7-3-4-12-17-18-13(19-12)10-8-9(15)5-6-11(10)14/h5-6,8,16H,2-4,7H2,1H3. The molecule has 2 rings (SSSR count). The monoisotopic (exact) mass is 327 g/mol. The Morgan fingerprint density at radius 2 is 2.21 bits per heavy atom. The van der Waals surface area contributed by atoms with Crippen LogP contribution in [-0.4, -0.2) is 23.3 Å². The molecule has 0 fully saturated rings. The fourth-order valence-electron chi connectivity index (χ4n) is 1.67. The fraction of sp³-hybridized carbons (Fsp3) is 0.385. The number of hydrogen-bond acceptors (Lipinski definition) is 4. The quantitative estimate of drug-likeness (QED) is 0.828. The Kier molecular flexibility index (Phi) is 5.04. The van der Waals surface area contributed by atoms with Gasteiger partial charge < -0.3 is 9.73 Å². The Balaban J connectivity index is 2.06. The summed E-state index contributed by atoms with van der Waals surface area (Å²) in [6, 6.07) is 4.38. The zero-order chi connectivity index (χ0) is 13.7. The van der Waals surface area contributed by atoms with Crippen LogP contribution in [-0.2, 0) is 6.42 Å². The van der Waals surface area contributed by atoms with Gasteiger partial charge in [0, 0.05) is 10.9 Å². The number of halogens is 2. The highest BCUT2D eigenvalue weighted by molar-refractivity contribution is 9.10. The smallest absolute Gasteiger partial charge is 0.248 e. The van der Waals surface area contributed by atoms with Gasteiger partial charge in [0.05, 0.1) is 5.56 Å². The van der Waals surface area contributed by atoms with E-state index in [1.807, 2.05) is 0 Å². The molecule has 0 aliphatic heterocycles. The van der Waals surface area contributed by atoms with Gasteiger partial charge in [-0.05, 0) is 53.6 Å². The van der Waals surface area contributed by atoms with Crippen LogP contribution in [0.5, 0.6) is 0 Å². The molecule has 102 valence electrons. The lowest BCUT2D eigenvalue weighted by Crippen LogP contribution is -2.14. The van der Waals surface area contributed by atoms with Crippen molar-refractivity contribution in [3.05, 3.63) is 34.4 Å². The normalized spacial score (nSPS) is 10.9. The van der Waals surface area contributed by atoms with E-state index in [-0.39, 0.29) is 5.82 Å². The highest BCUT2D eigenvalue weighted by Gasteiger charge is 2.12. The van der Waals surface area contributed by atoms with Crippen LogP contribution in [0.1, 0.15) is 19.2 Å². The summed E-state index contributed by atoms with van der Waals surface area (Å²) in [5.41, 5.74) is 0.574. The van der Waals surface area contributed by atoms with Crippen molar-refractivity contribution in [1.29, 1.82) is 0 Å². The number of nitrogens with one attached hydrogen (secondary N) is 1. The van der Waals surface area contributed by atoms with Gasteiger partial charge in [0.15, 0.2) is 0 Å². The Labute approximate surface area is 119 Å². The second kappa shape index (κ2) is 6.77. The second-order valence-electron chi connectivity index (χ2n) is 4.08. The van der Waals surface area contributed by atoms with Crippen molar-refractivity contribution in [3.8, 4) is 11.5 Å². The van der Waals surface area contributed by atoms with Crippen molar-refractivity contribution in [3.63, 3.8) is 0 Å². The number of hydrogen-bond donors (Lipinski definition) is 1. The van der Waals surface area contributed by atoms with E-state index in [9.17, 15) is 4.39 Å². The van der Waals surface area contributed by atoms with Crippen molar-refractivity contribution in [2.24, 2.45) is 0 Å². The summed E-state index contributed by atoms with van der Waals surface area (Å²) in [4.78, 5) is 0. The van der Waals surface area contributed by atoms with Gasteiger partial charge in [0.1, 0.15) is 5.82 Å². The maximum Gasteiger partial charge on any atom is 0.248 e. The first-order valence-corrected chi connectivity index (χ1v) is 6.98. The predicted molar refractivity (Wildman–Crippen MR) is 74.3 cm³/mol. The number of aryl methyl sites for hydroxylation is 1. The van der Waals surface area contributed by atoms with Gasteiger partial charge >= 0.3 is 0 Å². The van der Waals surface area contributed by atoms with E-state index in [4.69, 9.17) is 4.42 Å². The molecule has 4 nitrogen and oxygen atoms in total. The van der Waals surface area contributed by atoms with Crippen molar-refractivity contribution in [2.45, 2.75) is 19.8 Å². The number of nitrogens with zero attached hydrogens (tertiary/aromatic N) is 2. The molecule has 0 amide bonds. The molecule has 0 unspecified atom stereocenters. The molecule has 1 aromatic carbocycles. The van der Waals surface area contributed by atoms with E-state index in [2.05, 4.69) is 38.4 Å². The van der Waals surface area contributed by atoms with E-state index in [0.29, 0.717) is 23.8 Å². The third-order valence-electron chi connectivity index (χ3n) is 2.62. The van der Waals surface area contributed by atoms with Crippen LogP contribution in [0.4, 0.5) is 4.39 Å². The van der Waals surface area contributed by atoms with Crippen molar-refractivity contribution < 1.29 is 8.81 Å². The molecule has 2 aromatic rings. The van der Waals surface area contributed by atoms with Crippen LogP contribution in [0, 0.1) is 5.82 Å². The van der Waals surface area contributed by atoms with Crippen LogP contribution in [0.2, 0.25) is 0 Å². The Morgan fingerprint density at radius 1 is 1.37 bits per heavy atom. The molecule has 0 saturated heterocycles. The van der Waals surface area contributed by atoms with Crippen LogP contribution in [0.3, 0.4) is 0 Å². The SMILES string of the molecule is CCNCCCc1nnc(-c2cc(F)ccc2Br)o1. The highest BCUT2D eigenvalue weighted by atomic mass is 79.9. The van der Waals surface area contributed by atoms with Crippen LogP contribution in [0.25, 0.3) is 11.5 Å². The van der Waals surface area contributed by atoms with E-state index in [1.165, 1.54) is 12.1 Å². The molecule has 6 heteroatoms. The summed E-state index contributed by atoms with van der Waals surface area (Å²) in [5, 5.41) is 11.2. The molecular formula is C13H15BrFN3O. The lowest BCUT2D eigenvalue weighted by Gasteiger charge is -1.99. The Morgan fingerprint density at radius 3 is 3.00 bits per heavy atom. The third-order valence-corrected chi connectivity index (χ3v) is 3.31. The fourth-order valence-corrected chi connectivity index (χ4v) is 2.08. The van der Waals surface area contributed by atoms with Gasteiger partial charge in [0.25, 0.3) is 0 Å². The average molecular weight is 328 g/mol. The summed E-state index contributed by atoms with van der Waals surface area (Å²) in [7, 11) is 0. The van der Waals surface area contributed by atoms with E-state index in [0.717, 1.165) is 24.0 Å². The summed E-state index contributed by atoms with van der Waals surface area (Å²) in [5.74, 6) is 0.582. The lowest BCUT2D eigenvalue weighted by molar-refractivity contribution is 0.492. The Bertz CT molecular complexity index is 544. The maximum atomic E-state index is 13.2. The molecule has 1 aromatic heterocycles. The van der Waals surface area contributed by atoms with Crippen molar-refractivity contribution in [1.82, 2.24) is 15.5 Å². The second-order valence-corrected chi connectivity index (χ2v) is 4.94. The minimum Gasteiger partial charge on any atom is -0.421 e. The van der Waals surface area contributed by atoms with E-state index < -0.39 is 0 Å². The van der Waals surface area contributed by atoms with Crippen LogP contribution in [0.15, 0.2) is 27.1 Å². The van der Waals surface area contributed by atoms with Gasteiger partial charge in [-0.1, -0.05) is 6.92 Å². The topological polar surface area (TPSA) is 51.0 Å². The largest absolute Gasteiger partial charge is 0.421 e. The zero-order valence-electron chi connectivity index (χ0n) is 10.6. The molecular weight excluding hydrogens is 313 g/mol. The first-order chi connectivity index (χ1) is 9.20. The maximum absolute atomic E-state index is 13.2. The average Bonchev–Trinajstić information content (AvgIpc) is 2.86. The summed E-state index contributed by atoms with van der Waals surface area (Å²) < 4.78 is 19.5. The Hall–Kier alpha value is -1.27. The molecule has 0 atom stereocenters. The van der Waals surface area contributed by atoms with Crippen LogP contribution < -0.4 is 5.32 Å². The summed E-state index contributed by atoms with van der Waals surface area (Å²) >= 11 is 3.35. The van der Waals surface area contributed by atoms with Gasteiger partial charge in [-0.3, -0.25) is 0 Å². The first-order valence-electron chi connectivity index (χ1n) is 6.19. The molecule has 1 heterocycles. The molecule has 0 saturated carbocycles.